The van der Waals surface area contributed by atoms with E-state index in [1.54, 1.807) is 24.3 Å². The predicted octanol–water partition coefficient (Wildman–Crippen LogP) is 3.83. The van der Waals surface area contributed by atoms with Crippen molar-refractivity contribution in [1.82, 2.24) is 0 Å². The van der Waals surface area contributed by atoms with Gasteiger partial charge in [-0.3, -0.25) is 4.79 Å². The second-order valence-corrected chi connectivity index (χ2v) is 5.28. The molecule has 0 bridgehead atoms. The molecule has 0 spiro atoms. The van der Waals surface area contributed by atoms with Crippen molar-refractivity contribution in [2.75, 3.05) is 0 Å². The maximum Gasteiger partial charge on any atom is 0.335 e. The molecule has 2 aromatic carbocycles. The average molecular weight is 294 g/mol. The number of carboxylic acids is 1. The molecule has 3 nitrogen and oxygen atoms in total. The van der Waals surface area contributed by atoms with E-state index in [9.17, 15) is 9.59 Å². The van der Waals surface area contributed by atoms with Crippen molar-refractivity contribution in [2.24, 2.45) is 0 Å². The molecule has 0 unspecified atom stereocenters. The number of carboxylic acid groups (broad SMARTS) is 1. The molecule has 3 heteroatoms. The Morgan fingerprint density at radius 2 is 1.77 bits per heavy atom. The lowest BCUT2D eigenvalue weighted by Crippen LogP contribution is -2.06. The molecule has 0 saturated carbocycles. The summed E-state index contributed by atoms with van der Waals surface area (Å²) in [5.41, 5.74) is 4.05. The summed E-state index contributed by atoms with van der Waals surface area (Å²) < 4.78 is 0. The Morgan fingerprint density at radius 3 is 2.45 bits per heavy atom. The fourth-order valence-electron chi connectivity index (χ4n) is 2.19. The Hall–Kier alpha value is -2.68. The Morgan fingerprint density at radius 1 is 1.05 bits per heavy atom. The fourth-order valence-corrected chi connectivity index (χ4v) is 2.19. The molecule has 0 aliphatic heterocycles. The molecule has 0 amide bonds. The molecule has 0 fully saturated rings. The van der Waals surface area contributed by atoms with E-state index in [2.05, 4.69) is 0 Å². The maximum atomic E-state index is 12.0. The molecule has 1 N–H and O–H groups in total. The molecule has 2 rings (SSSR count). The lowest BCUT2D eigenvalue weighted by molar-refractivity contribution is -0.113. The lowest BCUT2D eigenvalue weighted by Gasteiger charge is -2.03. The van der Waals surface area contributed by atoms with Crippen molar-refractivity contribution in [2.45, 2.75) is 20.3 Å². The van der Waals surface area contributed by atoms with Gasteiger partial charge in [0, 0.05) is 6.42 Å². The largest absolute Gasteiger partial charge is 0.478 e. The predicted molar refractivity (Wildman–Crippen MR) is 87.1 cm³/mol. The summed E-state index contributed by atoms with van der Waals surface area (Å²) in [5, 5.41) is 9.11. The van der Waals surface area contributed by atoms with Gasteiger partial charge in [0.1, 0.15) is 0 Å². The van der Waals surface area contributed by atoms with Crippen LogP contribution in [0, 0.1) is 13.8 Å². The van der Waals surface area contributed by atoms with Crippen LogP contribution in [0.15, 0.2) is 48.5 Å². The van der Waals surface area contributed by atoms with Crippen LogP contribution in [0.5, 0.6) is 0 Å². The Kier molecular flexibility index (Phi) is 4.89. The molecule has 0 atom stereocenters. The smallest absolute Gasteiger partial charge is 0.335 e. The van der Waals surface area contributed by atoms with E-state index in [-0.39, 0.29) is 17.8 Å². The van der Waals surface area contributed by atoms with Gasteiger partial charge in [0.15, 0.2) is 5.78 Å². The normalized spacial score (nSPS) is 10.8. The fraction of sp³-hybridized carbons (Fsp3) is 0.158. The molecule has 0 aromatic heterocycles. The zero-order valence-corrected chi connectivity index (χ0v) is 12.7. The average Bonchev–Trinajstić information content (AvgIpc) is 2.49. The third kappa shape index (κ3) is 3.92. The molecule has 0 aliphatic carbocycles. The van der Waals surface area contributed by atoms with E-state index in [0.29, 0.717) is 5.56 Å². The number of hydrogen-bond donors (Lipinski definition) is 1. The number of carbonyl (C=O) groups is 2. The highest BCUT2D eigenvalue weighted by Gasteiger charge is 2.10. The molecular formula is C19H18O3. The summed E-state index contributed by atoms with van der Waals surface area (Å²) >= 11 is 0. The summed E-state index contributed by atoms with van der Waals surface area (Å²) in [4.78, 5) is 23.2. The van der Waals surface area contributed by atoms with E-state index in [4.69, 9.17) is 5.11 Å². The molecule has 2 aromatic rings. The van der Waals surface area contributed by atoms with Crippen molar-refractivity contribution in [3.8, 4) is 0 Å². The summed E-state index contributed by atoms with van der Waals surface area (Å²) in [6.07, 6.45) is 3.35. The van der Waals surface area contributed by atoms with Crippen molar-refractivity contribution >= 4 is 17.8 Å². The van der Waals surface area contributed by atoms with Crippen LogP contribution < -0.4 is 0 Å². The molecule has 112 valence electrons. The molecule has 0 radical (unpaired) electrons. The highest BCUT2D eigenvalue weighted by Crippen LogP contribution is 2.13. The zero-order chi connectivity index (χ0) is 16.1. The van der Waals surface area contributed by atoms with E-state index in [1.165, 1.54) is 23.3 Å². The van der Waals surface area contributed by atoms with Gasteiger partial charge < -0.3 is 5.11 Å². The number of hydrogen-bond acceptors (Lipinski definition) is 2. The van der Waals surface area contributed by atoms with Crippen LogP contribution in [0.25, 0.3) is 6.08 Å². The number of aryl methyl sites for hydroxylation is 2. The first-order valence-electron chi connectivity index (χ1n) is 7.07. The van der Waals surface area contributed by atoms with Crippen LogP contribution >= 0.6 is 0 Å². The molecule has 0 heterocycles. The van der Waals surface area contributed by atoms with Crippen LogP contribution in [0.1, 0.15) is 32.6 Å². The highest BCUT2D eigenvalue weighted by molar-refractivity contribution is 5.97. The van der Waals surface area contributed by atoms with Gasteiger partial charge in [-0.2, -0.15) is 0 Å². The molecule has 0 aliphatic rings. The van der Waals surface area contributed by atoms with Gasteiger partial charge in [-0.05, 0) is 48.2 Å². The van der Waals surface area contributed by atoms with Gasteiger partial charge in [-0.1, -0.05) is 42.5 Å². The minimum atomic E-state index is -1.01. The van der Waals surface area contributed by atoms with Gasteiger partial charge in [-0.25, -0.2) is 4.79 Å². The molecule has 22 heavy (non-hydrogen) atoms. The zero-order valence-electron chi connectivity index (χ0n) is 12.7. The first kappa shape index (κ1) is 15.7. The Balaban J connectivity index is 2.11. The van der Waals surface area contributed by atoms with Gasteiger partial charge in [0.05, 0.1) is 5.56 Å². The number of ketones is 1. The number of benzene rings is 2. The third-order valence-corrected chi connectivity index (χ3v) is 3.61. The number of rotatable bonds is 5. The van der Waals surface area contributed by atoms with Crippen molar-refractivity contribution < 1.29 is 14.7 Å². The van der Waals surface area contributed by atoms with E-state index in [0.717, 1.165) is 5.56 Å². The Labute approximate surface area is 129 Å². The van der Waals surface area contributed by atoms with Gasteiger partial charge in [-0.15, -0.1) is 0 Å². The van der Waals surface area contributed by atoms with Crippen LogP contribution in [-0.4, -0.2) is 16.9 Å². The first-order chi connectivity index (χ1) is 10.5. The standard InChI is InChI=1S/C19H18O3/c1-13-7-8-15(11-14(13)2)9-10-17(20)12-16-5-3-4-6-18(16)19(21)22/h3-11H,12H2,1-2H3,(H,21,22). The summed E-state index contributed by atoms with van der Waals surface area (Å²) in [6, 6.07) is 12.6. The van der Waals surface area contributed by atoms with Crippen LogP contribution in [0.2, 0.25) is 0 Å². The van der Waals surface area contributed by atoms with E-state index < -0.39 is 5.97 Å². The van der Waals surface area contributed by atoms with E-state index >= 15 is 0 Å². The summed E-state index contributed by atoms with van der Waals surface area (Å²) in [6.45, 7) is 4.06. The molecule has 0 saturated heterocycles. The topological polar surface area (TPSA) is 54.4 Å². The second-order valence-electron chi connectivity index (χ2n) is 5.28. The first-order valence-corrected chi connectivity index (χ1v) is 7.07. The Bertz CT molecular complexity index is 742. The van der Waals surface area contributed by atoms with Crippen molar-refractivity contribution in [3.05, 3.63) is 76.4 Å². The highest BCUT2D eigenvalue weighted by atomic mass is 16.4. The molecular weight excluding hydrogens is 276 g/mol. The number of aromatic carboxylic acids is 1. The summed E-state index contributed by atoms with van der Waals surface area (Å²) in [7, 11) is 0. The van der Waals surface area contributed by atoms with Gasteiger partial charge >= 0.3 is 5.97 Å². The van der Waals surface area contributed by atoms with Gasteiger partial charge in [0.25, 0.3) is 0 Å². The van der Waals surface area contributed by atoms with Crippen LogP contribution in [0.3, 0.4) is 0 Å². The number of carbonyl (C=O) groups excluding carboxylic acids is 1. The van der Waals surface area contributed by atoms with Gasteiger partial charge in [0.2, 0.25) is 0 Å². The monoisotopic (exact) mass is 294 g/mol. The van der Waals surface area contributed by atoms with Crippen LogP contribution in [0.4, 0.5) is 0 Å². The van der Waals surface area contributed by atoms with Crippen molar-refractivity contribution in [3.63, 3.8) is 0 Å². The lowest BCUT2D eigenvalue weighted by atomic mass is 10.0. The second kappa shape index (κ2) is 6.85. The maximum absolute atomic E-state index is 12.0. The minimum Gasteiger partial charge on any atom is -0.478 e. The summed E-state index contributed by atoms with van der Waals surface area (Å²) in [5.74, 6) is -1.13. The SMILES string of the molecule is Cc1ccc(C=CC(=O)Cc2ccccc2C(=O)O)cc1C. The third-order valence-electron chi connectivity index (χ3n) is 3.61. The quantitative estimate of drug-likeness (QED) is 0.853. The van der Waals surface area contributed by atoms with E-state index in [1.807, 2.05) is 32.0 Å². The minimum absolute atomic E-state index is 0.0871. The van der Waals surface area contributed by atoms with Crippen LogP contribution in [-0.2, 0) is 11.2 Å². The number of allylic oxidation sites excluding steroid dienone is 1. The van der Waals surface area contributed by atoms with Crippen molar-refractivity contribution in [1.29, 1.82) is 0 Å².